The molecule has 2 rings (SSSR count). The van der Waals surface area contributed by atoms with Crippen LogP contribution >= 0.6 is 0 Å². The summed E-state index contributed by atoms with van der Waals surface area (Å²) in [6.07, 6.45) is 3.91. The SMILES string of the molecule is CNc1ccc(C(=O)N2CCCC2)nc1. The molecule has 1 aromatic heterocycles. The summed E-state index contributed by atoms with van der Waals surface area (Å²) in [6, 6.07) is 3.64. The number of likely N-dealkylation sites (tertiary alicyclic amines) is 1. The Morgan fingerprint density at radius 1 is 1.40 bits per heavy atom. The second kappa shape index (κ2) is 4.29. The van der Waals surface area contributed by atoms with Crippen LogP contribution in [0, 0.1) is 0 Å². The van der Waals surface area contributed by atoms with Gasteiger partial charge in [0.2, 0.25) is 0 Å². The normalized spacial score (nSPS) is 15.4. The average molecular weight is 205 g/mol. The topological polar surface area (TPSA) is 45.2 Å². The quantitative estimate of drug-likeness (QED) is 0.793. The Morgan fingerprint density at radius 3 is 2.67 bits per heavy atom. The van der Waals surface area contributed by atoms with Crippen LogP contribution in [0.2, 0.25) is 0 Å². The molecule has 4 heteroatoms. The van der Waals surface area contributed by atoms with Crippen molar-refractivity contribution >= 4 is 11.6 Å². The van der Waals surface area contributed by atoms with E-state index in [2.05, 4.69) is 10.3 Å². The number of aromatic nitrogens is 1. The van der Waals surface area contributed by atoms with Crippen molar-refractivity contribution in [2.24, 2.45) is 0 Å². The molecule has 15 heavy (non-hydrogen) atoms. The predicted molar refractivity (Wildman–Crippen MR) is 58.9 cm³/mol. The first-order valence-electron chi connectivity index (χ1n) is 5.24. The Labute approximate surface area is 89.3 Å². The van der Waals surface area contributed by atoms with E-state index in [4.69, 9.17) is 0 Å². The van der Waals surface area contributed by atoms with Gasteiger partial charge in [-0.2, -0.15) is 0 Å². The molecule has 2 heterocycles. The molecule has 0 bridgehead atoms. The van der Waals surface area contributed by atoms with E-state index in [9.17, 15) is 4.79 Å². The summed E-state index contributed by atoms with van der Waals surface area (Å²) in [5, 5.41) is 2.98. The smallest absolute Gasteiger partial charge is 0.272 e. The lowest BCUT2D eigenvalue weighted by molar-refractivity contribution is 0.0787. The van der Waals surface area contributed by atoms with Gasteiger partial charge < -0.3 is 10.2 Å². The maximum atomic E-state index is 11.9. The van der Waals surface area contributed by atoms with Gasteiger partial charge in [0, 0.05) is 20.1 Å². The van der Waals surface area contributed by atoms with Crippen molar-refractivity contribution in [1.82, 2.24) is 9.88 Å². The predicted octanol–water partition coefficient (Wildman–Crippen LogP) is 1.36. The Bertz CT molecular complexity index is 341. The van der Waals surface area contributed by atoms with E-state index >= 15 is 0 Å². The largest absolute Gasteiger partial charge is 0.387 e. The highest BCUT2D eigenvalue weighted by molar-refractivity contribution is 5.92. The summed E-state index contributed by atoms with van der Waals surface area (Å²) in [4.78, 5) is 17.9. The minimum absolute atomic E-state index is 0.0511. The number of carbonyl (C=O) groups excluding carboxylic acids is 1. The van der Waals surface area contributed by atoms with Gasteiger partial charge in [-0.15, -0.1) is 0 Å². The third-order valence-electron chi connectivity index (χ3n) is 2.66. The van der Waals surface area contributed by atoms with E-state index in [0.717, 1.165) is 31.6 Å². The minimum Gasteiger partial charge on any atom is -0.387 e. The molecule has 1 aliphatic heterocycles. The molecular formula is C11H15N3O. The molecular weight excluding hydrogens is 190 g/mol. The van der Waals surface area contributed by atoms with E-state index in [1.54, 1.807) is 12.3 Å². The van der Waals surface area contributed by atoms with Crippen LogP contribution in [-0.2, 0) is 0 Å². The molecule has 0 aromatic carbocycles. The van der Waals surface area contributed by atoms with Gasteiger partial charge in [0.25, 0.3) is 5.91 Å². The van der Waals surface area contributed by atoms with Crippen LogP contribution in [0.4, 0.5) is 5.69 Å². The molecule has 0 aliphatic carbocycles. The number of pyridine rings is 1. The standard InChI is InChI=1S/C11H15N3O/c1-12-9-4-5-10(13-8-9)11(15)14-6-2-3-7-14/h4-5,8,12H,2-3,6-7H2,1H3. The molecule has 4 nitrogen and oxygen atoms in total. The zero-order valence-electron chi connectivity index (χ0n) is 8.86. The lowest BCUT2D eigenvalue weighted by atomic mass is 10.3. The van der Waals surface area contributed by atoms with Crippen LogP contribution in [0.1, 0.15) is 23.3 Å². The highest BCUT2D eigenvalue weighted by Crippen LogP contribution is 2.12. The molecule has 0 saturated carbocycles. The van der Waals surface area contributed by atoms with E-state index < -0.39 is 0 Å². The van der Waals surface area contributed by atoms with Gasteiger partial charge in [-0.3, -0.25) is 4.79 Å². The summed E-state index contributed by atoms with van der Waals surface area (Å²) in [6.45, 7) is 1.74. The zero-order valence-corrected chi connectivity index (χ0v) is 8.86. The molecule has 0 atom stereocenters. The van der Waals surface area contributed by atoms with E-state index in [0.29, 0.717) is 5.69 Å². The van der Waals surface area contributed by atoms with Crippen molar-refractivity contribution in [3.8, 4) is 0 Å². The first-order chi connectivity index (χ1) is 7.31. The number of carbonyl (C=O) groups is 1. The lowest BCUT2D eigenvalue weighted by Gasteiger charge is -2.14. The molecule has 0 spiro atoms. The Morgan fingerprint density at radius 2 is 2.13 bits per heavy atom. The average Bonchev–Trinajstić information content (AvgIpc) is 2.82. The van der Waals surface area contributed by atoms with Crippen molar-refractivity contribution < 1.29 is 4.79 Å². The second-order valence-electron chi connectivity index (χ2n) is 3.68. The van der Waals surface area contributed by atoms with E-state index in [1.807, 2.05) is 18.0 Å². The number of hydrogen-bond donors (Lipinski definition) is 1. The fraction of sp³-hybridized carbons (Fsp3) is 0.455. The van der Waals surface area contributed by atoms with Gasteiger partial charge >= 0.3 is 0 Å². The molecule has 1 aliphatic rings. The van der Waals surface area contributed by atoms with Crippen LogP contribution in [0.15, 0.2) is 18.3 Å². The number of amides is 1. The second-order valence-corrected chi connectivity index (χ2v) is 3.68. The highest BCUT2D eigenvalue weighted by atomic mass is 16.2. The van der Waals surface area contributed by atoms with Gasteiger partial charge in [-0.05, 0) is 25.0 Å². The third kappa shape index (κ3) is 2.09. The first kappa shape index (κ1) is 9.96. The molecule has 0 radical (unpaired) electrons. The van der Waals surface area contributed by atoms with Crippen molar-refractivity contribution in [2.45, 2.75) is 12.8 Å². The summed E-state index contributed by atoms with van der Waals surface area (Å²) in [5.74, 6) is 0.0511. The van der Waals surface area contributed by atoms with Crippen molar-refractivity contribution in [1.29, 1.82) is 0 Å². The molecule has 1 saturated heterocycles. The Hall–Kier alpha value is -1.58. The molecule has 1 amide bonds. The third-order valence-corrected chi connectivity index (χ3v) is 2.66. The number of nitrogens with one attached hydrogen (secondary N) is 1. The van der Waals surface area contributed by atoms with E-state index in [-0.39, 0.29) is 5.91 Å². The van der Waals surface area contributed by atoms with Gasteiger partial charge in [-0.25, -0.2) is 4.98 Å². The number of anilines is 1. The van der Waals surface area contributed by atoms with E-state index in [1.165, 1.54) is 0 Å². The number of rotatable bonds is 2. The molecule has 80 valence electrons. The summed E-state index contributed by atoms with van der Waals surface area (Å²) >= 11 is 0. The van der Waals surface area contributed by atoms with Crippen LogP contribution in [0.25, 0.3) is 0 Å². The fourth-order valence-corrected chi connectivity index (χ4v) is 1.75. The Balaban J connectivity index is 2.11. The van der Waals surface area contributed by atoms with Gasteiger partial charge in [0.05, 0.1) is 11.9 Å². The maximum Gasteiger partial charge on any atom is 0.272 e. The monoisotopic (exact) mass is 205 g/mol. The minimum atomic E-state index is 0.0511. The summed E-state index contributed by atoms with van der Waals surface area (Å²) < 4.78 is 0. The van der Waals surface area contributed by atoms with Gasteiger partial charge in [0.1, 0.15) is 5.69 Å². The molecule has 1 aromatic rings. The van der Waals surface area contributed by atoms with Crippen LogP contribution < -0.4 is 5.32 Å². The first-order valence-corrected chi connectivity index (χ1v) is 5.24. The van der Waals surface area contributed by atoms with Gasteiger partial charge in [0.15, 0.2) is 0 Å². The zero-order chi connectivity index (χ0) is 10.7. The molecule has 1 N–H and O–H groups in total. The van der Waals surface area contributed by atoms with Crippen molar-refractivity contribution in [3.63, 3.8) is 0 Å². The maximum absolute atomic E-state index is 11.9. The summed E-state index contributed by atoms with van der Waals surface area (Å²) in [7, 11) is 1.83. The lowest BCUT2D eigenvalue weighted by Crippen LogP contribution is -2.28. The molecule has 0 unspecified atom stereocenters. The van der Waals surface area contributed by atoms with Crippen molar-refractivity contribution in [3.05, 3.63) is 24.0 Å². The van der Waals surface area contributed by atoms with Gasteiger partial charge in [-0.1, -0.05) is 0 Å². The highest BCUT2D eigenvalue weighted by Gasteiger charge is 2.19. The Kier molecular flexibility index (Phi) is 2.85. The molecule has 1 fully saturated rings. The van der Waals surface area contributed by atoms with Crippen molar-refractivity contribution in [2.75, 3.05) is 25.5 Å². The van der Waals surface area contributed by atoms with Crippen LogP contribution in [-0.4, -0.2) is 35.9 Å². The van der Waals surface area contributed by atoms with Crippen LogP contribution in [0.5, 0.6) is 0 Å². The number of hydrogen-bond acceptors (Lipinski definition) is 3. The summed E-state index contributed by atoms with van der Waals surface area (Å²) in [5.41, 5.74) is 1.46. The number of nitrogens with zero attached hydrogens (tertiary/aromatic N) is 2. The fourth-order valence-electron chi connectivity index (χ4n) is 1.75. The van der Waals surface area contributed by atoms with Crippen LogP contribution in [0.3, 0.4) is 0 Å².